The average Bonchev–Trinajstić information content (AvgIpc) is 2.84. The van der Waals surface area contributed by atoms with E-state index in [4.69, 9.17) is 20.0 Å². The summed E-state index contributed by atoms with van der Waals surface area (Å²) in [6.45, 7) is 0. The second-order valence-electron chi connectivity index (χ2n) is 7.90. The number of benzene rings is 2. The van der Waals surface area contributed by atoms with E-state index in [0.29, 0.717) is 12.2 Å². The van der Waals surface area contributed by atoms with E-state index < -0.39 is 81.4 Å². The van der Waals surface area contributed by atoms with E-state index in [2.05, 4.69) is 9.98 Å². The Kier molecular flexibility index (Phi) is 8.34. The number of halogens is 12. The SMILES string of the molecule is N#C/N=C1C=C(Oc2cc(C(F)(F)F)cc(C(F)(F)F)c2)/C(=N/C#N)C=C\1Oc1cc(C(F)(F)F)cc(C(F)(F)F)c1. The van der Waals surface area contributed by atoms with Crippen molar-refractivity contribution in [3.63, 3.8) is 0 Å². The first kappa shape index (κ1) is 31.5. The molecule has 0 saturated heterocycles. The molecule has 0 aromatic heterocycles. The minimum Gasteiger partial charge on any atom is -0.455 e. The number of hydrogen-bond acceptors (Lipinski definition) is 6. The number of aliphatic imine (C=N–C) groups is 2. The summed E-state index contributed by atoms with van der Waals surface area (Å²) in [5.41, 5.74) is -8.57. The van der Waals surface area contributed by atoms with Crippen molar-refractivity contribution in [2.24, 2.45) is 9.98 Å². The third-order valence-corrected chi connectivity index (χ3v) is 4.96. The molecule has 0 heterocycles. The minimum atomic E-state index is -5.27. The van der Waals surface area contributed by atoms with Gasteiger partial charge in [0.05, 0.1) is 22.3 Å². The highest BCUT2D eigenvalue weighted by atomic mass is 19.4. The fourth-order valence-electron chi connectivity index (χ4n) is 3.21. The number of hydrogen-bond donors (Lipinski definition) is 0. The zero-order valence-electron chi connectivity index (χ0n) is 19.8. The van der Waals surface area contributed by atoms with Gasteiger partial charge in [-0.25, -0.2) is 0 Å². The fraction of sp³-hybridized carbons (Fsp3) is 0.167. The number of alkyl halides is 12. The standard InChI is InChI=1S/C24H8F12N4O2/c25-21(26,27)11-1-12(22(28,29)30)4-15(3-11)41-19-7-18(40-10-38)20(8-17(19)39-9-37)42-16-5-13(23(31,32)33)2-14(6-16)24(34,35)36/h1-8H/b39-17+,40-18+. The van der Waals surface area contributed by atoms with Gasteiger partial charge in [-0.2, -0.15) is 73.2 Å². The largest absolute Gasteiger partial charge is 0.455 e. The predicted molar refractivity (Wildman–Crippen MR) is 116 cm³/mol. The average molecular weight is 612 g/mol. The van der Waals surface area contributed by atoms with Gasteiger partial charge < -0.3 is 9.47 Å². The molecule has 1 aliphatic carbocycles. The van der Waals surface area contributed by atoms with Gasteiger partial charge in [0.1, 0.15) is 22.9 Å². The summed E-state index contributed by atoms with van der Waals surface area (Å²) in [5, 5.41) is 18.0. The number of ether oxygens (including phenoxy) is 2. The lowest BCUT2D eigenvalue weighted by molar-refractivity contribution is -0.144. The first-order valence-corrected chi connectivity index (χ1v) is 10.5. The predicted octanol–water partition coefficient (Wildman–Crippen LogP) is 7.85. The smallest absolute Gasteiger partial charge is 0.416 e. The Labute approximate surface area is 225 Å². The van der Waals surface area contributed by atoms with Gasteiger partial charge in [0.25, 0.3) is 0 Å². The van der Waals surface area contributed by atoms with Gasteiger partial charge in [-0.05, 0) is 36.4 Å². The Morgan fingerprint density at radius 1 is 0.476 bits per heavy atom. The molecule has 0 fully saturated rings. The number of allylic oxidation sites excluding steroid dienone is 2. The summed E-state index contributed by atoms with van der Waals surface area (Å²) >= 11 is 0. The molecule has 2 aromatic rings. The van der Waals surface area contributed by atoms with Crippen LogP contribution in [0.25, 0.3) is 0 Å². The highest BCUT2D eigenvalue weighted by molar-refractivity contribution is 6.22. The van der Waals surface area contributed by atoms with Crippen LogP contribution in [0.1, 0.15) is 22.3 Å². The molecule has 2 aromatic carbocycles. The molecule has 0 aliphatic heterocycles. The van der Waals surface area contributed by atoms with Crippen LogP contribution < -0.4 is 9.47 Å². The molecular weight excluding hydrogens is 604 g/mol. The maximum atomic E-state index is 13.2. The highest BCUT2D eigenvalue weighted by Crippen LogP contribution is 2.40. The molecule has 0 spiro atoms. The summed E-state index contributed by atoms with van der Waals surface area (Å²) in [6, 6.07) is 0.253. The summed E-state index contributed by atoms with van der Waals surface area (Å²) in [4.78, 5) is 6.47. The zero-order valence-corrected chi connectivity index (χ0v) is 19.8. The molecule has 220 valence electrons. The van der Waals surface area contributed by atoms with Crippen molar-refractivity contribution in [1.82, 2.24) is 0 Å². The van der Waals surface area contributed by atoms with E-state index in [1.165, 1.54) is 12.4 Å². The lowest BCUT2D eigenvalue weighted by Crippen LogP contribution is -2.21. The Morgan fingerprint density at radius 2 is 0.738 bits per heavy atom. The Morgan fingerprint density at radius 3 is 0.952 bits per heavy atom. The molecule has 0 amide bonds. The van der Waals surface area contributed by atoms with Crippen molar-refractivity contribution in [1.29, 1.82) is 10.5 Å². The lowest BCUT2D eigenvalue weighted by Gasteiger charge is -2.20. The van der Waals surface area contributed by atoms with Crippen LogP contribution in [0.4, 0.5) is 52.7 Å². The van der Waals surface area contributed by atoms with Crippen LogP contribution in [0, 0.1) is 22.9 Å². The Balaban J connectivity index is 2.11. The van der Waals surface area contributed by atoms with Crippen LogP contribution in [-0.4, -0.2) is 11.4 Å². The topological polar surface area (TPSA) is 90.8 Å². The number of nitrogens with zero attached hydrogens (tertiary/aromatic N) is 4. The molecule has 0 radical (unpaired) electrons. The van der Waals surface area contributed by atoms with E-state index in [0.717, 1.165) is 0 Å². The van der Waals surface area contributed by atoms with E-state index in [1.54, 1.807) is 0 Å². The lowest BCUT2D eigenvalue weighted by atomic mass is 10.1. The van der Waals surface area contributed by atoms with Crippen LogP contribution >= 0.6 is 0 Å². The van der Waals surface area contributed by atoms with Crippen molar-refractivity contribution in [3.8, 4) is 23.9 Å². The molecular formula is C24H8F12N4O2. The van der Waals surface area contributed by atoms with Crippen molar-refractivity contribution >= 4 is 11.4 Å². The van der Waals surface area contributed by atoms with E-state index in [1.807, 2.05) is 0 Å². The summed E-state index contributed by atoms with van der Waals surface area (Å²) < 4.78 is 169. The van der Waals surface area contributed by atoms with Crippen LogP contribution in [0.15, 0.2) is 70.1 Å². The highest BCUT2D eigenvalue weighted by Gasteiger charge is 2.39. The molecule has 0 unspecified atom stereocenters. The monoisotopic (exact) mass is 612 g/mol. The minimum absolute atomic E-state index is 0.165. The molecule has 6 nitrogen and oxygen atoms in total. The summed E-state index contributed by atoms with van der Waals surface area (Å²) in [6.07, 6.45) is -17.4. The van der Waals surface area contributed by atoms with E-state index >= 15 is 0 Å². The van der Waals surface area contributed by atoms with Crippen LogP contribution in [0.2, 0.25) is 0 Å². The van der Waals surface area contributed by atoms with E-state index in [-0.39, 0.29) is 36.4 Å². The number of nitriles is 2. The third kappa shape index (κ3) is 7.59. The van der Waals surface area contributed by atoms with Gasteiger partial charge in [-0.15, -0.1) is 0 Å². The van der Waals surface area contributed by atoms with Gasteiger partial charge in [0.15, 0.2) is 11.5 Å². The van der Waals surface area contributed by atoms with Crippen LogP contribution in [0.3, 0.4) is 0 Å². The first-order valence-electron chi connectivity index (χ1n) is 10.5. The van der Waals surface area contributed by atoms with Gasteiger partial charge in [-0.3, -0.25) is 0 Å². The molecule has 0 atom stereocenters. The van der Waals surface area contributed by atoms with Crippen molar-refractivity contribution in [2.75, 3.05) is 0 Å². The van der Waals surface area contributed by atoms with Gasteiger partial charge in [0, 0.05) is 12.2 Å². The second kappa shape index (κ2) is 11.1. The Bertz CT molecular complexity index is 1410. The van der Waals surface area contributed by atoms with Gasteiger partial charge in [0.2, 0.25) is 12.4 Å². The molecule has 0 N–H and O–H groups in total. The molecule has 0 bridgehead atoms. The molecule has 42 heavy (non-hydrogen) atoms. The maximum Gasteiger partial charge on any atom is 0.416 e. The van der Waals surface area contributed by atoms with Crippen molar-refractivity contribution in [2.45, 2.75) is 24.7 Å². The second-order valence-corrected chi connectivity index (χ2v) is 7.90. The normalized spacial score (nSPS) is 16.4. The van der Waals surface area contributed by atoms with Gasteiger partial charge in [-0.1, -0.05) is 0 Å². The van der Waals surface area contributed by atoms with E-state index in [9.17, 15) is 52.7 Å². The quantitative estimate of drug-likeness (QED) is 0.200. The van der Waals surface area contributed by atoms with Crippen molar-refractivity contribution < 1.29 is 62.2 Å². The fourth-order valence-corrected chi connectivity index (χ4v) is 3.21. The zero-order chi connectivity index (χ0) is 31.7. The molecule has 3 rings (SSSR count). The molecule has 0 saturated carbocycles. The molecule has 18 heteroatoms. The van der Waals surface area contributed by atoms with Crippen LogP contribution in [-0.2, 0) is 24.7 Å². The Hall–Kier alpha value is -5.00. The van der Waals surface area contributed by atoms with Gasteiger partial charge >= 0.3 is 24.7 Å². The summed E-state index contributed by atoms with van der Waals surface area (Å²) in [5.74, 6) is -3.72. The maximum absolute atomic E-state index is 13.2. The number of rotatable bonds is 4. The third-order valence-electron chi connectivity index (χ3n) is 4.96. The molecule has 1 aliphatic rings. The van der Waals surface area contributed by atoms with Crippen LogP contribution in [0.5, 0.6) is 11.5 Å². The first-order chi connectivity index (χ1) is 19.2. The summed E-state index contributed by atoms with van der Waals surface area (Å²) in [7, 11) is 0. The van der Waals surface area contributed by atoms with Crippen molar-refractivity contribution in [3.05, 3.63) is 82.3 Å².